The first kappa shape index (κ1) is 22.7. The summed E-state index contributed by atoms with van der Waals surface area (Å²) in [6.07, 6.45) is -7.07. The van der Waals surface area contributed by atoms with Crippen LogP contribution >= 0.6 is 0 Å². The number of carbonyl (C=O) groups is 1. The van der Waals surface area contributed by atoms with Crippen LogP contribution in [0.5, 0.6) is 0 Å². The largest absolute Gasteiger partial charge is 0.451 e. The zero-order chi connectivity index (χ0) is 23.6. The summed E-state index contributed by atoms with van der Waals surface area (Å²) in [5, 5.41) is 22.6. The standard InChI is InChI=1S/C23H20F3N3O4/c24-23(25,26)21-27-9-13(10-28-21)20(31)19(30)11-29-22(32)33-12-18-16-7-3-1-5-14(16)15-6-2-4-8-17(15)18/h1-10,18-20,30-31H,11-12H2,(H,29,32). The number of ether oxygens (including phenoxy) is 1. The van der Waals surface area contributed by atoms with Crippen molar-refractivity contribution in [2.45, 2.75) is 24.3 Å². The third-order valence-electron chi connectivity index (χ3n) is 5.43. The summed E-state index contributed by atoms with van der Waals surface area (Å²) in [7, 11) is 0. The van der Waals surface area contributed by atoms with Crippen molar-refractivity contribution in [3.63, 3.8) is 0 Å². The molecule has 2 aromatic carbocycles. The van der Waals surface area contributed by atoms with Crippen molar-refractivity contribution in [2.75, 3.05) is 13.2 Å². The molecule has 0 bridgehead atoms. The third kappa shape index (κ3) is 4.81. The molecule has 1 heterocycles. The number of halogens is 3. The van der Waals surface area contributed by atoms with E-state index in [4.69, 9.17) is 4.74 Å². The van der Waals surface area contributed by atoms with Crippen LogP contribution in [-0.2, 0) is 10.9 Å². The number of nitrogens with one attached hydrogen (secondary N) is 1. The Balaban J connectivity index is 1.32. The maximum Gasteiger partial charge on any atom is 0.451 e. The fourth-order valence-electron chi connectivity index (χ4n) is 3.81. The van der Waals surface area contributed by atoms with Gasteiger partial charge in [-0.3, -0.25) is 0 Å². The molecule has 2 atom stereocenters. The summed E-state index contributed by atoms with van der Waals surface area (Å²) in [5.74, 6) is -1.49. The van der Waals surface area contributed by atoms with Crippen LogP contribution in [0.3, 0.4) is 0 Å². The molecule has 1 aliphatic rings. The van der Waals surface area contributed by atoms with E-state index >= 15 is 0 Å². The van der Waals surface area contributed by atoms with Crippen LogP contribution < -0.4 is 5.32 Å². The minimum Gasteiger partial charge on any atom is -0.449 e. The third-order valence-corrected chi connectivity index (χ3v) is 5.43. The predicted octanol–water partition coefficient (Wildman–Crippen LogP) is 3.43. The van der Waals surface area contributed by atoms with Crippen LogP contribution in [0, 0.1) is 0 Å². The molecule has 4 rings (SSSR count). The van der Waals surface area contributed by atoms with Gasteiger partial charge in [-0.1, -0.05) is 48.5 Å². The lowest BCUT2D eigenvalue weighted by Gasteiger charge is -2.19. The molecule has 1 aliphatic carbocycles. The minimum atomic E-state index is -4.71. The molecule has 0 saturated heterocycles. The number of alkyl halides is 3. The molecular weight excluding hydrogens is 439 g/mol. The van der Waals surface area contributed by atoms with Crippen LogP contribution in [0.25, 0.3) is 11.1 Å². The molecule has 33 heavy (non-hydrogen) atoms. The van der Waals surface area contributed by atoms with Crippen molar-refractivity contribution < 1.29 is 32.9 Å². The number of carbonyl (C=O) groups excluding carboxylic acids is 1. The highest BCUT2D eigenvalue weighted by molar-refractivity contribution is 5.79. The Morgan fingerprint density at radius 2 is 1.55 bits per heavy atom. The normalized spacial score (nSPS) is 14.8. The Bertz CT molecular complexity index is 1090. The summed E-state index contributed by atoms with van der Waals surface area (Å²) in [6, 6.07) is 15.7. The first-order valence-electron chi connectivity index (χ1n) is 10.1. The zero-order valence-corrected chi connectivity index (χ0v) is 17.2. The molecule has 0 saturated carbocycles. The summed E-state index contributed by atoms with van der Waals surface area (Å²) >= 11 is 0. The van der Waals surface area contributed by atoms with E-state index in [1.54, 1.807) is 0 Å². The number of aromatic nitrogens is 2. The average Bonchev–Trinajstić information content (AvgIpc) is 3.14. The number of aliphatic hydroxyl groups excluding tert-OH is 2. The highest BCUT2D eigenvalue weighted by Gasteiger charge is 2.35. The minimum absolute atomic E-state index is 0.0747. The van der Waals surface area contributed by atoms with Gasteiger partial charge in [-0.25, -0.2) is 14.8 Å². The van der Waals surface area contributed by atoms with E-state index in [9.17, 15) is 28.2 Å². The van der Waals surface area contributed by atoms with E-state index in [-0.39, 0.29) is 18.1 Å². The molecule has 0 radical (unpaired) electrons. The molecule has 0 fully saturated rings. The Morgan fingerprint density at radius 1 is 1.00 bits per heavy atom. The number of amides is 1. The van der Waals surface area contributed by atoms with Crippen molar-refractivity contribution in [2.24, 2.45) is 0 Å². The Labute approximate surface area is 186 Å². The summed E-state index contributed by atoms with van der Waals surface area (Å²) in [4.78, 5) is 18.4. The molecule has 0 spiro atoms. The quantitative estimate of drug-likeness (QED) is 0.522. The first-order valence-corrected chi connectivity index (χ1v) is 10.1. The van der Waals surface area contributed by atoms with Crippen molar-refractivity contribution in [1.82, 2.24) is 15.3 Å². The van der Waals surface area contributed by atoms with Crippen molar-refractivity contribution in [3.8, 4) is 11.1 Å². The highest BCUT2D eigenvalue weighted by atomic mass is 19.4. The van der Waals surface area contributed by atoms with Crippen molar-refractivity contribution in [3.05, 3.63) is 83.4 Å². The number of fused-ring (bicyclic) bond motifs is 3. The second-order valence-corrected chi connectivity index (χ2v) is 7.56. The van der Waals surface area contributed by atoms with E-state index in [1.165, 1.54) is 0 Å². The number of aliphatic hydroxyl groups is 2. The highest BCUT2D eigenvalue weighted by Crippen LogP contribution is 2.44. The summed E-state index contributed by atoms with van der Waals surface area (Å²) in [5.41, 5.74) is 4.14. The summed E-state index contributed by atoms with van der Waals surface area (Å²) in [6.45, 7) is -0.315. The molecule has 2 unspecified atom stereocenters. The molecule has 172 valence electrons. The number of nitrogens with zero attached hydrogens (tertiary/aromatic N) is 2. The first-order chi connectivity index (χ1) is 15.8. The molecule has 0 aliphatic heterocycles. The second kappa shape index (κ2) is 9.16. The van der Waals surface area contributed by atoms with E-state index in [1.807, 2.05) is 48.5 Å². The smallest absolute Gasteiger partial charge is 0.449 e. The monoisotopic (exact) mass is 459 g/mol. The number of hydrogen-bond donors (Lipinski definition) is 3. The Morgan fingerprint density at radius 3 is 2.09 bits per heavy atom. The second-order valence-electron chi connectivity index (χ2n) is 7.56. The lowest BCUT2D eigenvalue weighted by Crippen LogP contribution is -2.36. The molecule has 1 aromatic heterocycles. The molecular formula is C23H20F3N3O4. The SMILES string of the molecule is O=C(NCC(O)C(O)c1cnc(C(F)(F)F)nc1)OCC1c2ccccc2-c2ccccc21. The van der Waals surface area contributed by atoms with Crippen molar-refractivity contribution >= 4 is 6.09 Å². The van der Waals surface area contributed by atoms with Crippen LogP contribution in [0.2, 0.25) is 0 Å². The number of alkyl carbamates (subject to hydrolysis) is 1. The fourth-order valence-corrected chi connectivity index (χ4v) is 3.81. The van der Waals surface area contributed by atoms with Gasteiger partial charge in [0, 0.05) is 30.4 Å². The summed E-state index contributed by atoms with van der Waals surface area (Å²) < 4.78 is 43.0. The molecule has 1 amide bonds. The zero-order valence-electron chi connectivity index (χ0n) is 17.2. The lowest BCUT2D eigenvalue weighted by molar-refractivity contribution is -0.145. The maximum absolute atomic E-state index is 12.5. The van der Waals surface area contributed by atoms with Crippen LogP contribution in [-0.4, -0.2) is 45.5 Å². The topological polar surface area (TPSA) is 105 Å². The van der Waals surface area contributed by atoms with E-state index < -0.39 is 36.8 Å². The van der Waals surface area contributed by atoms with Gasteiger partial charge in [-0.15, -0.1) is 0 Å². The molecule has 10 heteroatoms. The van der Waals surface area contributed by atoms with Gasteiger partial charge in [0.2, 0.25) is 5.82 Å². The predicted molar refractivity (Wildman–Crippen MR) is 111 cm³/mol. The Kier molecular flexibility index (Phi) is 6.30. The fraction of sp³-hybridized carbons (Fsp3) is 0.261. The van der Waals surface area contributed by atoms with Crippen LogP contribution in [0.15, 0.2) is 60.9 Å². The van der Waals surface area contributed by atoms with Gasteiger partial charge in [0.15, 0.2) is 0 Å². The lowest BCUT2D eigenvalue weighted by atomic mass is 9.98. The molecule has 3 aromatic rings. The molecule has 3 N–H and O–H groups in total. The van der Waals surface area contributed by atoms with Crippen LogP contribution in [0.1, 0.15) is 34.5 Å². The average molecular weight is 459 g/mol. The van der Waals surface area contributed by atoms with Crippen LogP contribution in [0.4, 0.5) is 18.0 Å². The van der Waals surface area contributed by atoms with Gasteiger partial charge in [0.25, 0.3) is 0 Å². The van der Waals surface area contributed by atoms with Gasteiger partial charge in [-0.2, -0.15) is 13.2 Å². The van der Waals surface area contributed by atoms with Gasteiger partial charge >= 0.3 is 12.3 Å². The number of rotatable bonds is 6. The number of benzene rings is 2. The van der Waals surface area contributed by atoms with E-state index in [2.05, 4.69) is 15.3 Å². The molecule has 7 nitrogen and oxygen atoms in total. The Hall–Kier alpha value is -3.50. The maximum atomic E-state index is 12.5. The van der Waals surface area contributed by atoms with Gasteiger partial charge in [0.1, 0.15) is 18.8 Å². The van der Waals surface area contributed by atoms with Gasteiger partial charge in [-0.05, 0) is 22.3 Å². The van der Waals surface area contributed by atoms with Crippen molar-refractivity contribution in [1.29, 1.82) is 0 Å². The van der Waals surface area contributed by atoms with Gasteiger partial charge < -0.3 is 20.3 Å². The van der Waals surface area contributed by atoms with E-state index in [0.717, 1.165) is 34.6 Å². The van der Waals surface area contributed by atoms with Gasteiger partial charge in [0.05, 0.1) is 0 Å². The van der Waals surface area contributed by atoms with E-state index in [0.29, 0.717) is 0 Å². The number of hydrogen-bond acceptors (Lipinski definition) is 6.